The second-order valence-electron chi connectivity index (χ2n) is 5.27. The van der Waals surface area contributed by atoms with Crippen molar-refractivity contribution in [2.75, 3.05) is 11.9 Å². The predicted molar refractivity (Wildman–Crippen MR) is 77.2 cm³/mol. The van der Waals surface area contributed by atoms with E-state index in [1.54, 1.807) is 6.07 Å². The highest BCUT2D eigenvalue weighted by atomic mass is 35.5. The lowest BCUT2D eigenvalue weighted by atomic mass is 9.95. The molecule has 0 saturated carbocycles. The number of carbonyl (C=O) groups excluding carboxylic acids is 1. The molecular formula is C14H18ClN3O2. The second-order valence-corrected chi connectivity index (χ2v) is 5.68. The van der Waals surface area contributed by atoms with Crippen LogP contribution in [0.5, 0.6) is 0 Å². The summed E-state index contributed by atoms with van der Waals surface area (Å²) in [6.45, 7) is 2.72. The molecule has 2 bridgehead atoms. The summed E-state index contributed by atoms with van der Waals surface area (Å²) >= 11 is 6.07. The zero-order chi connectivity index (χ0) is 14.1. The number of rotatable bonds is 4. The zero-order valence-corrected chi connectivity index (χ0v) is 12.1. The van der Waals surface area contributed by atoms with E-state index in [0.717, 1.165) is 25.8 Å². The molecule has 2 fully saturated rings. The van der Waals surface area contributed by atoms with E-state index in [1.807, 2.05) is 6.92 Å². The van der Waals surface area contributed by atoms with Gasteiger partial charge in [0.25, 0.3) is 5.91 Å². The average molecular weight is 296 g/mol. The van der Waals surface area contributed by atoms with Gasteiger partial charge in [-0.2, -0.15) is 0 Å². The monoisotopic (exact) mass is 295 g/mol. The van der Waals surface area contributed by atoms with Crippen molar-refractivity contribution in [3.63, 3.8) is 0 Å². The first-order valence-electron chi connectivity index (χ1n) is 7.03. The SMILES string of the molecule is CCNc1cc(C(=O)NC2CC3CCC2O3)c(Cl)cn1. The first-order chi connectivity index (χ1) is 9.67. The molecule has 3 heterocycles. The number of amides is 1. The molecule has 3 rings (SSSR count). The molecule has 2 aliphatic heterocycles. The maximum atomic E-state index is 12.3. The predicted octanol–water partition coefficient (Wildman–Crippen LogP) is 2.22. The summed E-state index contributed by atoms with van der Waals surface area (Å²) in [6, 6.07) is 1.79. The van der Waals surface area contributed by atoms with Crippen molar-refractivity contribution in [2.45, 2.75) is 44.4 Å². The molecule has 2 N–H and O–H groups in total. The Labute approximate surface area is 123 Å². The molecule has 108 valence electrons. The fraction of sp³-hybridized carbons (Fsp3) is 0.571. The molecule has 1 amide bonds. The molecule has 0 aromatic carbocycles. The minimum atomic E-state index is -0.155. The molecule has 0 aliphatic carbocycles. The van der Waals surface area contributed by atoms with Crippen LogP contribution in [0.2, 0.25) is 5.02 Å². The van der Waals surface area contributed by atoms with Gasteiger partial charge in [-0.15, -0.1) is 0 Å². The molecule has 0 spiro atoms. The quantitative estimate of drug-likeness (QED) is 0.894. The smallest absolute Gasteiger partial charge is 0.253 e. The highest BCUT2D eigenvalue weighted by Gasteiger charge is 2.41. The molecule has 2 saturated heterocycles. The Morgan fingerprint density at radius 2 is 2.40 bits per heavy atom. The molecule has 20 heavy (non-hydrogen) atoms. The van der Waals surface area contributed by atoms with Crippen molar-refractivity contribution in [2.24, 2.45) is 0 Å². The molecule has 1 aromatic heterocycles. The molecule has 6 heteroatoms. The van der Waals surface area contributed by atoms with Crippen molar-refractivity contribution >= 4 is 23.3 Å². The van der Waals surface area contributed by atoms with E-state index < -0.39 is 0 Å². The van der Waals surface area contributed by atoms with Gasteiger partial charge in [-0.1, -0.05) is 11.6 Å². The Hall–Kier alpha value is -1.33. The minimum absolute atomic E-state index is 0.105. The first-order valence-corrected chi connectivity index (χ1v) is 7.41. The molecule has 5 nitrogen and oxygen atoms in total. The van der Waals surface area contributed by atoms with E-state index in [0.29, 0.717) is 22.5 Å². The summed E-state index contributed by atoms with van der Waals surface area (Å²) in [5.74, 6) is 0.504. The van der Waals surface area contributed by atoms with Crippen molar-refractivity contribution in [1.29, 1.82) is 0 Å². The van der Waals surface area contributed by atoms with E-state index in [9.17, 15) is 4.79 Å². The van der Waals surface area contributed by atoms with E-state index in [-0.39, 0.29) is 18.1 Å². The molecule has 2 aliphatic rings. The maximum absolute atomic E-state index is 12.3. The summed E-state index contributed by atoms with van der Waals surface area (Å²) < 4.78 is 5.74. The number of hydrogen-bond donors (Lipinski definition) is 2. The Morgan fingerprint density at radius 1 is 1.55 bits per heavy atom. The van der Waals surface area contributed by atoms with Crippen LogP contribution in [0.25, 0.3) is 0 Å². The third-order valence-electron chi connectivity index (χ3n) is 3.88. The topological polar surface area (TPSA) is 63.2 Å². The normalized spacial score (nSPS) is 27.6. The van der Waals surface area contributed by atoms with Gasteiger partial charge in [0, 0.05) is 12.7 Å². The number of nitrogens with zero attached hydrogens (tertiary/aromatic N) is 1. The third kappa shape index (κ3) is 2.60. The Kier molecular flexibility index (Phi) is 3.81. The summed E-state index contributed by atoms with van der Waals surface area (Å²) in [5, 5.41) is 6.48. The number of anilines is 1. The lowest BCUT2D eigenvalue weighted by molar-refractivity contribution is 0.0841. The van der Waals surface area contributed by atoms with Crippen molar-refractivity contribution in [1.82, 2.24) is 10.3 Å². The molecule has 3 atom stereocenters. The van der Waals surface area contributed by atoms with Crippen LogP contribution in [0.4, 0.5) is 5.82 Å². The summed E-state index contributed by atoms with van der Waals surface area (Å²) in [6.07, 6.45) is 5.03. The molecular weight excluding hydrogens is 278 g/mol. The Morgan fingerprint density at radius 3 is 3.05 bits per heavy atom. The first kappa shape index (κ1) is 13.6. The van der Waals surface area contributed by atoms with Crippen LogP contribution in [0, 0.1) is 0 Å². The third-order valence-corrected chi connectivity index (χ3v) is 4.18. The molecule has 1 aromatic rings. The number of ether oxygens (including phenoxy) is 1. The van der Waals surface area contributed by atoms with Crippen LogP contribution in [0.1, 0.15) is 36.5 Å². The van der Waals surface area contributed by atoms with Gasteiger partial charge in [0.15, 0.2) is 0 Å². The molecule has 3 unspecified atom stereocenters. The van der Waals surface area contributed by atoms with Crippen molar-refractivity contribution in [3.8, 4) is 0 Å². The average Bonchev–Trinajstić information content (AvgIpc) is 3.03. The van der Waals surface area contributed by atoms with Gasteiger partial charge < -0.3 is 15.4 Å². The zero-order valence-electron chi connectivity index (χ0n) is 11.4. The van der Waals surface area contributed by atoms with E-state index in [4.69, 9.17) is 16.3 Å². The lowest BCUT2D eigenvalue weighted by Crippen LogP contribution is -2.41. The summed E-state index contributed by atoms with van der Waals surface area (Å²) in [5.41, 5.74) is 0.459. The fourth-order valence-corrected chi connectivity index (χ4v) is 3.12. The van der Waals surface area contributed by atoms with Crippen LogP contribution in [0.3, 0.4) is 0 Å². The van der Waals surface area contributed by atoms with Gasteiger partial charge in [0.2, 0.25) is 0 Å². The van der Waals surface area contributed by atoms with Crippen LogP contribution in [-0.4, -0.2) is 35.7 Å². The van der Waals surface area contributed by atoms with Gasteiger partial charge in [-0.3, -0.25) is 4.79 Å². The van der Waals surface area contributed by atoms with E-state index in [2.05, 4.69) is 15.6 Å². The van der Waals surface area contributed by atoms with Crippen molar-refractivity contribution in [3.05, 3.63) is 22.8 Å². The fourth-order valence-electron chi connectivity index (χ4n) is 2.93. The highest BCUT2D eigenvalue weighted by molar-refractivity contribution is 6.33. The van der Waals surface area contributed by atoms with Crippen LogP contribution >= 0.6 is 11.6 Å². The number of nitrogens with one attached hydrogen (secondary N) is 2. The van der Waals surface area contributed by atoms with Gasteiger partial charge in [-0.05, 0) is 32.3 Å². The minimum Gasteiger partial charge on any atom is -0.373 e. The van der Waals surface area contributed by atoms with Gasteiger partial charge in [-0.25, -0.2) is 4.98 Å². The largest absolute Gasteiger partial charge is 0.373 e. The highest BCUT2D eigenvalue weighted by Crippen LogP contribution is 2.34. The van der Waals surface area contributed by atoms with Gasteiger partial charge >= 0.3 is 0 Å². The lowest BCUT2D eigenvalue weighted by Gasteiger charge is -2.20. The van der Waals surface area contributed by atoms with E-state index >= 15 is 0 Å². The van der Waals surface area contributed by atoms with E-state index in [1.165, 1.54) is 6.20 Å². The number of halogens is 1. The summed E-state index contributed by atoms with van der Waals surface area (Å²) in [7, 11) is 0. The van der Waals surface area contributed by atoms with Gasteiger partial charge in [0.05, 0.1) is 28.8 Å². The number of carbonyl (C=O) groups is 1. The van der Waals surface area contributed by atoms with Crippen molar-refractivity contribution < 1.29 is 9.53 Å². The Bertz CT molecular complexity index is 523. The summed E-state index contributed by atoms with van der Waals surface area (Å²) in [4.78, 5) is 16.5. The van der Waals surface area contributed by atoms with Crippen LogP contribution in [-0.2, 0) is 4.74 Å². The van der Waals surface area contributed by atoms with Gasteiger partial charge in [0.1, 0.15) is 5.82 Å². The number of hydrogen-bond acceptors (Lipinski definition) is 4. The number of fused-ring (bicyclic) bond motifs is 2. The van der Waals surface area contributed by atoms with Crippen LogP contribution < -0.4 is 10.6 Å². The second kappa shape index (κ2) is 5.58. The van der Waals surface area contributed by atoms with Crippen LogP contribution in [0.15, 0.2) is 12.3 Å². The number of pyridine rings is 1. The maximum Gasteiger partial charge on any atom is 0.253 e. The standard InChI is InChI=1S/C14H18ClN3O2/c1-2-16-13-6-9(10(15)7-17-13)14(19)18-11-5-8-3-4-12(11)20-8/h6-8,11-12H,2-5H2,1H3,(H,16,17)(H,18,19). The molecule has 0 radical (unpaired) electrons. The Balaban J connectivity index is 1.71. The number of aromatic nitrogens is 1.